The molecule has 484 valence electrons. The lowest BCUT2D eigenvalue weighted by atomic mass is 9.70. The summed E-state index contributed by atoms with van der Waals surface area (Å²) in [6.45, 7) is 21.0. The third-order valence-corrected chi connectivity index (χ3v) is 21.3. The van der Waals surface area contributed by atoms with Gasteiger partial charge < -0.3 is 9.80 Å². The van der Waals surface area contributed by atoms with Crippen molar-refractivity contribution in [2.24, 2.45) is 0 Å². The largest absolute Gasteiger partial charge is 0.310 e. The molecule has 0 saturated heterocycles. The number of aryl methyl sites for hydroxylation is 7. The highest BCUT2D eigenvalue weighted by Crippen LogP contribution is 2.59. The van der Waals surface area contributed by atoms with E-state index >= 15 is 0 Å². The standard InChI is InChI=1S/C92H106N2/c1-10-16-20-24-32-74-62-85(80-54-51-78(60-67(80)9)94-88-55-47-73(63-90(88)94)72-43-39-69(31-15-6)40-44-72)75(33-25-21-17-11-2)61-84(74)79-53-50-77(59-66(79)8)93(76-48-45-71(46-49-76)70-41-37-68(30-14-5)38-42-70)89-64-87-91(82-35-27-26-34-81(82)89)83-52-36-65(7)58-86(83)92(87,56-28-22-18-12-3)57-29-23-19-13-4/h26-27,34-55,58-64H,10-25,28-33,56-57H2,1-9H3. The van der Waals surface area contributed by atoms with Gasteiger partial charge in [0.25, 0.3) is 0 Å². The number of hydrogen-bond donors (Lipinski definition) is 0. The highest BCUT2D eigenvalue weighted by Gasteiger charge is 2.44. The summed E-state index contributed by atoms with van der Waals surface area (Å²) in [5.74, 6) is 0. The molecule has 0 bridgehead atoms. The first kappa shape index (κ1) is 66.1. The molecule has 0 spiro atoms. The fraction of sp³-hybridized carbons (Fsp3) is 0.370. The topological polar surface area (TPSA) is 6.25 Å². The van der Waals surface area contributed by atoms with Gasteiger partial charge in [-0.15, -0.1) is 0 Å². The Labute approximate surface area is 566 Å². The molecule has 10 aromatic carbocycles. The van der Waals surface area contributed by atoms with Gasteiger partial charge in [-0.1, -0.05) is 283 Å². The van der Waals surface area contributed by atoms with E-state index in [0.717, 1.165) is 32.1 Å². The van der Waals surface area contributed by atoms with E-state index in [1.807, 2.05) is 0 Å². The Morgan fingerprint density at radius 3 is 1.39 bits per heavy atom. The molecule has 1 aliphatic heterocycles. The molecule has 0 radical (unpaired) electrons. The predicted octanol–water partition coefficient (Wildman–Crippen LogP) is 28.0. The van der Waals surface area contributed by atoms with Crippen LogP contribution < -0.4 is 9.80 Å². The van der Waals surface area contributed by atoms with E-state index < -0.39 is 0 Å². The lowest BCUT2D eigenvalue weighted by Crippen LogP contribution is -2.26. The van der Waals surface area contributed by atoms with Crippen LogP contribution in [-0.4, -0.2) is 0 Å². The summed E-state index contributed by atoms with van der Waals surface area (Å²) in [6.07, 6.45) is 29.0. The Balaban J connectivity index is 0.977. The lowest BCUT2D eigenvalue weighted by molar-refractivity contribution is 0.401. The predicted molar refractivity (Wildman–Crippen MR) is 410 cm³/mol. The van der Waals surface area contributed by atoms with E-state index in [2.05, 4.69) is 260 Å². The number of rotatable bonds is 32. The molecule has 0 fully saturated rings. The van der Waals surface area contributed by atoms with Crippen LogP contribution in [0.2, 0.25) is 0 Å². The Hall–Kier alpha value is -7.94. The number of hydrogen-bond acceptors (Lipinski definition) is 2. The van der Waals surface area contributed by atoms with E-state index in [-0.39, 0.29) is 5.41 Å². The summed E-state index contributed by atoms with van der Waals surface area (Å²) in [5, 5.41) is 2.67. The lowest BCUT2D eigenvalue weighted by Gasteiger charge is -2.35. The monoisotopic (exact) mass is 1240 g/mol. The van der Waals surface area contributed by atoms with Crippen LogP contribution in [-0.2, 0) is 31.1 Å². The zero-order valence-electron chi connectivity index (χ0n) is 58.8. The maximum Gasteiger partial charge on any atom is 0.0709 e. The van der Waals surface area contributed by atoms with Gasteiger partial charge in [0.2, 0.25) is 0 Å². The first-order valence-corrected chi connectivity index (χ1v) is 37.2. The second kappa shape index (κ2) is 30.6. The van der Waals surface area contributed by atoms with Gasteiger partial charge in [-0.05, 0) is 232 Å². The van der Waals surface area contributed by atoms with Crippen molar-refractivity contribution in [3.63, 3.8) is 0 Å². The van der Waals surface area contributed by atoms with Crippen molar-refractivity contribution in [2.45, 2.75) is 222 Å². The van der Waals surface area contributed by atoms with E-state index in [1.165, 1.54) is 267 Å². The Morgan fingerprint density at radius 1 is 0.340 bits per heavy atom. The minimum absolute atomic E-state index is 0.0717. The van der Waals surface area contributed by atoms with Crippen molar-refractivity contribution in [1.82, 2.24) is 0 Å². The normalized spacial score (nSPS) is 12.8. The maximum atomic E-state index is 2.70. The summed E-state index contributed by atoms with van der Waals surface area (Å²) in [7, 11) is 0. The maximum absolute atomic E-state index is 2.70. The number of anilines is 6. The molecule has 0 N–H and O–H groups in total. The van der Waals surface area contributed by atoms with E-state index in [0.29, 0.717) is 0 Å². The molecular formula is C92H106N2. The molecule has 1 aliphatic carbocycles. The molecular weight excluding hydrogens is 1130 g/mol. The molecule has 1 heterocycles. The molecule has 2 heteroatoms. The van der Waals surface area contributed by atoms with Crippen LogP contribution in [0.4, 0.5) is 34.1 Å². The van der Waals surface area contributed by atoms with Gasteiger partial charge in [0, 0.05) is 27.9 Å². The van der Waals surface area contributed by atoms with Crippen molar-refractivity contribution in [3.05, 3.63) is 238 Å². The van der Waals surface area contributed by atoms with Crippen LogP contribution in [0.5, 0.6) is 0 Å². The van der Waals surface area contributed by atoms with Crippen LogP contribution in [0.1, 0.15) is 220 Å². The molecule has 10 aromatic rings. The van der Waals surface area contributed by atoms with Crippen molar-refractivity contribution >= 4 is 44.9 Å². The molecule has 0 amide bonds. The zero-order chi connectivity index (χ0) is 65.1. The quantitative estimate of drug-likeness (QED) is 0.0306. The van der Waals surface area contributed by atoms with Gasteiger partial charge in [-0.3, -0.25) is 0 Å². The van der Waals surface area contributed by atoms with Crippen LogP contribution in [0.3, 0.4) is 0 Å². The highest BCUT2D eigenvalue weighted by molar-refractivity contribution is 6.10. The number of nitrogens with zero attached hydrogens (tertiary/aromatic N) is 2. The fourth-order valence-electron chi connectivity index (χ4n) is 16.1. The van der Waals surface area contributed by atoms with E-state index in [9.17, 15) is 0 Å². The summed E-state index contributed by atoms with van der Waals surface area (Å²) in [6, 6.07) is 74.7. The Bertz CT molecular complexity index is 4180. The molecule has 0 atom stereocenters. The van der Waals surface area contributed by atoms with Gasteiger partial charge in [-0.25, -0.2) is 0 Å². The van der Waals surface area contributed by atoms with Gasteiger partial charge in [0.15, 0.2) is 0 Å². The van der Waals surface area contributed by atoms with Crippen molar-refractivity contribution in [1.29, 1.82) is 0 Å². The molecule has 0 saturated carbocycles. The molecule has 2 nitrogen and oxygen atoms in total. The Kier molecular flexibility index (Phi) is 21.5. The molecule has 94 heavy (non-hydrogen) atoms. The summed E-state index contributed by atoms with van der Waals surface area (Å²) in [5.41, 5.74) is 33.9. The first-order chi connectivity index (χ1) is 46.1. The molecule has 0 unspecified atom stereocenters. The van der Waals surface area contributed by atoms with Gasteiger partial charge in [0.1, 0.15) is 0 Å². The smallest absolute Gasteiger partial charge is 0.0709 e. The second-order valence-electron chi connectivity index (χ2n) is 28.2. The third-order valence-electron chi connectivity index (χ3n) is 21.3. The van der Waals surface area contributed by atoms with Crippen molar-refractivity contribution in [3.8, 4) is 55.6 Å². The summed E-state index contributed by atoms with van der Waals surface area (Å²) < 4.78 is 0. The minimum Gasteiger partial charge on any atom is -0.310 e. The van der Waals surface area contributed by atoms with E-state index in [1.54, 1.807) is 5.56 Å². The molecule has 12 rings (SSSR count). The molecule has 0 aromatic heterocycles. The van der Waals surface area contributed by atoms with Crippen LogP contribution in [0.25, 0.3) is 66.4 Å². The summed E-state index contributed by atoms with van der Waals surface area (Å²) >= 11 is 0. The average Bonchev–Trinajstić information content (AvgIpc) is 1.52. The third kappa shape index (κ3) is 14.1. The van der Waals surface area contributed by atoms with Crippen molar-refractivity contribution in [2.75, 3.05) is 9.80 Å². The van der Waals surface area contributed by atoms with Crippen LogP contribution in [0.15, 0.2) is 188 Å². The number of unbranched alkanes of at least 4 members (excludes halogenated alkanes) is 12. The van der Waals surface area contributed by atoms with E-state index in [4.69, 9.17) is 0 Å². The average molecular weight is 1240 g/mol. The number of fused-ring (bicyclic) bond motifs is 6. The SMILES string of the molecule is CCCCCCc1cc(-c2ccc(N(c3ccc(-c4ccc(CCC)cc4)cc3)c3cc4c(c5ccccc35)-c3ccc(C)cc3C4(CCCCCC)CCCCCC)cc2C)c(CCCCCC)cc1-c1ccc(N2c3ccc(-c4ccc(CCC)cc4)cc32)cc1C. The zero-order valence-corrected chi connectivity index (χ0v) is 58.8. The summed E-state index contributed by atoms with van der Waals surface area (Å²) in [4.78, 5) is 5.09. The van der Waals surface area contributed by atoms with Gasteiger partial charge >= 0.3 is 0 Å². The number of benzene rings is 10. The van der Waals surface area contributed by atoms with Gasteiger partial charge in [0.05, 0.1) is 17.1 Å². The molecule has 2 aliphatic rings. The first-order valence-electron chi connectivity index (χ1n) is 37.2. The Morgan fingerprint density at radius 2 is 0.840 bits per heavy atom. The fourth-order valence-corrected chi connectivity index (χ4v) is 16.1. The van der Waals surface area contributed by atoms with Crippen molar-refractivity contribution < 1.29 is 0 Å². The van der Waals surface area contributed by atoms with Crippen LogP contribution in [0, 0.1) is 20.8 Å². The minimum atomic E-state index is -0.0717. The second-order valence-corrected chi connectivity index (χ2v) is 28.2. The van der Waals surface area contributed by atoms with Gasteiger partial charge in [-0.2, -0.15) is 0 Å². The van der Waals surface area contributed by atoms with Crippen LogP contribution >= 0.6 is 0 Å². The highest BCUT2D eigenvalue weighted by atomic mass is 15.3.